The van der Waals surface area contributed by atoms with Gasteiger partial charge in [0, 0.05) is 6.42 Å². The van der Waals surface area contributed by atoms with Crippen molar-refractivity contribution in [2.45, 2.75) is 142 Å². The molecule has 0 aliphatic heterocycles. The van der Waals surface area contributed by atoms with Crippen molar-refractivity contribution >= 4 is 13.7 Å². The summed E-state index contributed by atoms with van der Waals surface area (Å²) >= 11 is 0. The number of allylic oxidation sites excluding steroid dienone is 7. The molecule has 46 heavy (non-hydrogen) atoms. The zero-order valence-electron chi connectivity index (χ0n) is 30.0. The Kier molecular flexibility index (Phi) is 28.6. The lowest BCUT2D eigenvalue weighted by Gasteiger charge is -2.25. The average molecular weight is 670 g/mol. The van der Waals surface area contributed by atoms with E-state index in [1.807, 2.05) is 27.2 Å². The van der Waals surface area contributed by atoms with Crippen LogP contribution in [0.3, 0.4) is 0 Å². The van der Waals surface area contributed by atoms with Gasteiger partial charge in [0.15, 0.2) is 0 Å². The van der Waals surface area contributed by atoms with Gasteiger partial charge < -0.3 is 19.8 Å². The summed E-state index contributed by atoms with van der Waals surface area (Å²) < 4.78 is 23.3. The third-order valence-electron chi connectivity index (χ3n) is 7.55. The van der Waals surface area contributed by atoms with E-state index in [0.717, 1.165) is 57.8 Å². The van der Waals surface area contributed by atoms with Crippen molar-refractivity contribution in [3.05, 3.63) is 48.6 Å². The quantitative estimate of drug-likeness (QED) is 0.0224. The normalized spacial score (nSPS) is 15.4. The van der Waals surface area contributed by atoms with E-state index in [1.54, 1.807) is 6.08 Å². The Bertz CT molecular complexity index is 897. The maximum absolute atomic E-state index is 12.7. The molecule has 3 unspecified atom stereocenters. The van der Waals surface area contributed by atoms with E-state index in [2.05, 4.69) is 55.6 Å². The largest absolute Gasteiger partial charge is 0.472 e. The van der Waals surface area contributed by atoms with Gasteiger partial charge in [-0.25, -0.2) is 4.57 Å². The molecule has 0 aromatic heterocycles. The number of carbonyl (C=O) groups is 1. The predicted octanol–water partition coefficient (Wildman–Crippen LogP) is 8.96. The highest BCUT2D eigenvalue weighted by molar-refractivity contribution is 7.47. The van der Waals surface area contributed by atoms with Gasteiger partial charge in [-0.15, -0.1) is 0 Å². The molecule has 0 saturated carbocycles. The molecule has 0 fully saturated rings. The highest BCUT2D eigenvalue weighted by Gasteiger charge is 2.27. The molecule has 3 atom stereocenters. The van der Waals surface area contributed by atoms with Crippen LogP contribution in [0.1, 0.15) is 129 Å². The maximum Gasteiger partial charge on any atom is 0.472 e. The molecule has 0 saturated heterocycles. The Balaban J connectivity index is 4.59. The predicted molar refractivity (Wildman–Crippen MR) is 194 cm³/mol. The lowest BCUT2D eigenvalue weighted by molar-refractivity contribution is -0.870. The molecule has 0 aliphatic carbocycles. The monoisotopic (exact) mass is 669 g/mol. The summed E-state index contributed by atoms with van der Waals surface area (Å²) in [6.45, 7) is 4.66. The Morgan fingerprint density at radius 3 is 1.87 bits per heavy atom. The second kappa shape index (κ2) is 29.6. The first-order valence-electron chi connectivity index (χ1n) is 18.0. The summed E-state index contributed by atoms with van der Waals surface area (Å²) in [5.74, 6) is -0.206. The van der Waals surface area contributed by atoms with E-state index in [4.69, 9.17) is 9.05 Å². The lowest BCUT2D eigenvalue weighted by atomic mass is 10.1. The van der Waals surface area contributed by atoms with Crippen molar-refractivity contribution in [2.24, 2.45) is 0 Å². The minimum absolute atomic E-state index is 0.0515. The zero-order chi connectivity index (χ0) is 34.4. The first kappa shape index (κ1) is 44.5. The molecule has 0 aromatic carbocycles. The third kappa shape index (κ3) is 31.1. The maximum atomic E-state index is 12.7. The van der Waals surface area contributed by atoms with Crippen molar-refractivity contribution < 1.29 is 32.9 Å². The van der Waals surface area contributed by atoms with Crippen molar-refractivity contribution in [1.82, 2.24) is 5.32 Å². The van der Waals surface area contributed by atoms with Crippen LogP contribution in [0.15, 0.2) is 48.6 Å². The van der Waals surface area contributed by atoms with Crippen LogP contribution < -0.4 is 5.32 Å². The summed E-state index contributed by atoms with van der Waals surface area (Å²) in [7, 11) is 1.53. The number of nitrogens with one attached hydrogen (secondary N) is 1. The summed E-state index contributed by atoms with van der Waals surface area (Å²) in [5, 5.41) is 13.6. The van der Waals surface area contributed by atoms with Crippen LogP contribution in [0.5, 0.6) is 0 Å². The molecule has 0 aromatic rings. The minimum atomic E-state index is -4.33. The fourth-order valence-corrected chi connectivity index (χ4v) is 5.31. The molecule has 268 valence electrons. The van der Waals surface area contributed by atoms with Crippen LogP contribution in [0.25, 0.3) is 0 Å². The summed E-state index contributed by atoms with van der Waals surface area (Å²) in [6.07, 6.45) is 34.7. The molecule has 0 bridgehead atoms. The molecule has 0 radical (unpaired) electrons. The van der Waals surface area contributed by atoms with Gasteiger partial charge in [0.1, 0.15) is 13.2 Å². The van der Waals surface area contributed by atoms with E-state index in [-0.39, 0.29) is 19.1 Å². The Labute approximate surface area is 282 Å². The fraction of sp³-hybridized carbons (Fsp3) is 0.757. The van der Waals surface area contributed by atoms with Crippen molar-refractivity contribution in [3.63, 3.8) is 0 Å². The van der Waals surface area contributed by atoms with Gasteiger partial charge in [-0.05, 0) is 57.8 Å². The molecule has 3 N–H and O–H groups in total. The van der Waals surface area contributed by atoms with Crippen LogP contribution >= 0.6 is 7.82 Å². The van der Waals surface area contributed by atoms with Crippen molar-refractivity contribution in [1.29, 1.82) is 0 Å². The molecular weight excluding hydrogens is 599 g/mol. The van der Waals surface area contributed by atoms with Crippen molar-refractivity contribution in [3.8, 4) is 0 Å². The summed E-state index contributed by atoms with van der Waals surface area (Å²) in [5.41, 5.74) is 0. The zero-order valence-corrected chi connectivity index (χ0v) is 30.9. The van der Waals surface area contributed by atoms with Crippen LogP contribution in [0.4, 0.5) is 0 Å². The third-order valence-corrected chi connectivity index (χ3v) is 8.53. The minimum Gasteiger partial charge on any atom is -0.387 e. The number of amides is 1. The number of nitrogens with zero attached hydrogens (tertiary/aromatic N) is 1. The second-order valence-electron chi connectivity index (χ2n) is 13.3. The summed E-state index contributed by atoms with van der Waals surface area (Å²) in [4.78, 5) is 22.9. The Morgan fingerprint density at radius 2 is 1.26 bits per heavy atom. The van der Waals surface area contributed by atoms with Gasteiger partial charge >= 0.3 is 7.82 Å². The molecule has 1 amide bonds. The first-order chi connectivity index (χ1) is 22.0. The number of likely N-dealkylation sites (N-methyl/N-ethyl adjacent to an activating group) is 1. The molecule has 0 aliphatic rings. The highest BCUT2D eigenvalue weighted by Crippen LogP contribution is 2.43. The molecule has 0 heterocycles. The number of hydrogen-bond donors (Lipinski definition) is 3. The van der Waals surface area contributed by atoms with Gasteiger partial charge in [0.2, 0.25) is 5.91 Å². The number of phosphoric ester groups is 1. The number of unbranched alkanes of at least 4 members (excludes halogenated alkanes) is 13. The van der Waals surface area contributed by atoms with Crippen LogP contribution in [-0.2, 0) is 18.4 Å². The highest BCUT2D eigenvalue weighted by atomic mass is 31.2. The number of aliphatic hydroxyl groups excluding tert-OH is 1. The van der Waals surface area contributed by atoms with E-state index in [0.29, 0.717) is 17.4 Å². The van der Waals surface area contributed by atoms with E-state index in [9.17, 15) is 19.4 Å². The number of quaternary nitrogens is 1. The van der Waals surface area contributed by atoms with E-state index < -0.39 is 20.0 Å². The Hall–Kier alpha value is -1.54. The number of aliphatic hydroxyl groups is 1. The number of phosphoric acid groups is 1. The molecule has 0 spiro atoms. The Morgan fingerprint density at radius 1 is 0.739 bits per heavy atom. The molecule has 8 nitrogen and oxygen atoms in total. The summed E-state index contributed by atoms with van der Waals surface area (Å²) in [6, 6.07) is -0.866. The van der Waals surface area contributed by atoms with E-state index >= 15 is 0 Å². The standard InChI is InChI=1S/C37H69N2O6P/c1-6-8-10-12-14-16-17-18-19-20-21-23-25-27-29-31-37(41)38-35(34-45-46(42,43)44-33-32-39(3,4)5)36(40)30-28-26-24-22-15-13-11-9-7-2/h14-18,22,28,30,35-36,40H,6-13,19-21,23-27,29,31-34H2,1-5H3,(H-,38,41,42,43)/p+1/b16-14-,18-17-,22-15+,30-28+. The average Bonchev–Trinajstić information content (AvgIpc) is 2.99. The molecular formula is C37H70N2O6P+. The molecule has 9 heteroatoms. The first-order valence-corrected chi connectivity index (χ1v) is 19.5. The van der Waals surface area contributed by atoms with Crippen molar-refractivity contribution in [2.75, 3.05) is 40.9 Å². The van der Waals surface area contributed by atoms with Gasteiger partial charge in [-0.2, -0.15) is 0 Å². The fourth-order valence-electron chi connectivity index (χ4n) is 4.57. The van der Waals surface area contributed by atoms with Gasteiger partial charge in [0.05, 0.1) is 39.9 Å². The van der Waals surface area contributed by atoms with Crippen LogP contribution in [0, 0.1) is 0 Å². The smallest absolute Gasteiger partial charge is 0.387 e. The number of rotatable bonds is 31. The van der Waals surface area contributed by atoms with E-state index in [1.165, 1.54) is 51.4 Å². The lowest BCUT2D eigenvalue weighted by Crippen LogP contribution is -2.45. The SMILES string of the molecule is CCCCC/C=C\C=C/CCCCCCCCC(=O)NC(COP(=O)(O)OCC[N+](C)(C)C)C(O)/C=C/CC/C=C/CCCCC. The topological polar surface area (TPSA) is 105 Å². The van der Waals surface area contributed by atoms with Crippen LogP contribution in [-0.4, -0.2) is 73.4 Å². The van der Waals surface area contributed by atoms with Crippen LogP contribution in [0.2, 0.25) is 0 Å². The molecule has 0 rings (SSSR count). The van der Waals surface area contributed by atoms with Gasteiger partial charge in [-0.1, -0.05) is 114 Å². The second-order valence-corrected chi connectivity index (χ2v) is 14.7. The van der Waals surface area contributed by atoms with Gasteiger partial charge in [-0.3, -0.25) is 13.8 Å². The van der Waals surface area contributed by atoms with Gasteiger partial charge in [0.25, 0.3) is 0 Å². The number of hydrogen-bond acceptors (Lipinski definition) is 5. The number of carbonyl (C=O) groups excluding carboxylic acids is 1.